The average molecular weight is 451 g/mol. The summed E-state index contributed by atoms with van der Waals surface area (Å²) in [5, 5.41) is 19.4. The van der Waals surface area contributed by atoms with Crippen LogP contribution in [0.2, 0.25) is 0 Å². The molecule has 0 aromatic carbocycles. The molecule has 2 aromatic heterocycles. The van der Waals surface area contributed by atoms with Crippen molar-refractivity contribution in [1.82, 2.24) is 20.0 Å². The normalized spacial score (nSPS) is 42.5. The molecule has 4 aliphatic rings. The summed E-state index contributed by atoms with van der Waals surface area (Å²) in [6, 6.07) is 1.90. The van der Waals surface area contributed by atoms with Gasteiger partial charge in [0.05, 0.1) is 17.3 Å². The minimum Gasteiger partial charge on any atom is -0.390 e. The van der Waals surface area contributed by atoms with E-state index in [0.29, 0.717) is 24.2 Å². The topological polar surface area (TPSA) is 80.9 Å². The lowest BCUT2D eigenvalue weighted by Gasteiger charge is -2.57. The van der Waals surface area contributed by atoms with Crippen molar-refractivity contribution in [3.05, 3.63) is 18.5 Å². The fourth-order valence-corrected chi connectivity index (χ4v) is 9.01. The minimum absolute atomic E-state index is 0.127. The molecule has 178 valence electrons. The van der Waals surface area contributed by atoms with Crippen molar-refractivity contribution in [3.8, 4) is 0 Å². The lowest BCUT2D eigenvalue weighted by atomic mass is 9.48. The highest BCUT2D eigenvalue weighted by Crippen LogP contribution is 2.64. The zero-order chi connectivity index (χ0) is 22.8. The molecule has 4 saturated carbocycles. The molecule has 4 fully saturated rings. The number of nitrogens with zero attached hydrogens (tertiary/aromatic N) is 4. The van der Waals surface area contributed by atoms with Crippen LogP contribution in [0.3, 0.4) is 0 Å². The molecule has 0 aliphatic heterocycles. The van der Waals surface area contributed by atoms with Gasteiger partial charge >= 0.3 is 0 Å². The highest BCUT2D eigenvalue weighted by atomic mass is 16.3. The molecule has 0 spiro atoms. The van der Waals surface area contributed by atoms with Crippen LogP contribution in [0.4, 0.5) is 0 Å². The smallest absolute Gasteiger partial charge is 0.157 e. The molecule has 2 aromatic rings. The number of rotatable bonds is 4. The summed E-state index contributed by atoms with van der Waals surface area (Å²) in [6.45, 7) is 4.89. The number of fused-ring (bicyclic) bond motifs is 6. The molecular weight excluding hydrogens is 412 g/mol. The Morgan fingerprint density at radius 2 is 1.97 bits per heavy atom. The van der Waals surface area contributed by atoms with Crippen molar-refractivity contribution in [2.24, 2.45) is 40.9 Å². The Morgan fingerprint density at radius 1 is 1.12 bits per heavy atom. The lowest BCUT2D eigenvalue weighted by molar-refractivity contribution is -0.133. The molecule has 0 amide bonds. The predicted molar refractivity (Wildman–Crippen MR) is 126 cm³/mol. The molecule has 2 heterocycles. The number of pyridine rings is 1. The largest absolute Gasteiger partial charge is 0.390 e. The van der Waals surface area contributed by atoms with Crippen LogP contribution in [0.1, 0.15) is 78.1 Å². The van der Waals surface area contributed by atoms with Gasteiger partial charge in [-0.25, -0.2) is 4.68 Å². The fourth-order valence-electron chi connectivity index (χ4n) is 9.01. The number of aliphatic hydroxyl groups is 1. The first-order valence-electron chi connectivity index (χ1n) is 13.3. The highest BCUT2D eigenvalue weighted by molar-refractivity contribution is 5.84. The fraction of sp³-hybridized carbons (Fsp3) is 0.778. The van der Waals surface area contributed by atoms with Crippen LogP contribution in [0, 0.1) is 40.9 Å². The van der Waals surface area contributed by atoms with Crippen LogP contribution in [-0.4, -0.2) is 36.5 Å². The van der Waals surface area contributed by atoms with Crippen LogP contribution in [0.25, 0.3) is 11.0 Å². The predicted octanol–water partition coefficient (Wildman–Crippen LogP) is 4.81. The molecule has 0 saturated heterocycles. The molecule has 4 aliphatic carbocycles. The average Bonchev–Trinajstić information content (AvgIpc) is 3.39. The van der Waals surface area contributed by atoms with Gasteiger partial charge in [0.1, 0.15) is 12.1 Å². The standard InChI is InChI=1S/C27H38N4O2/c1-3-27(33)12-9-18-17(14-27)4-5-20-19(18)8-11-26(2)21(20)6-7-22(26)25(32)16-31-24-10-13-28-15-23(24)29-30-31/h10,13,15,17-22,33H,3-9,11-12,14,16H2,1-2H3/t17-,18+,19-,20-,21+,22-,26+,27-/m1/s1. The molecule has 6 heteroatoms. The van der Waals surface area contributed by atoms with E-state index in [2.05, 4.69) is 29.1 Å². The van der Waals surface area contributed by atoms with Crippen LogP contribution in [-0.2, 0) is 11.3 Å². The van der Waals surface area contributed by atoms with Crippen molar-refractivity contribution in [2.45, 2.75) is 90.2 Å². The van der Waals surface area contributed by atoms with E-state index in [1.54, 1.807) is 17.1 Å². The lowest BCUT2D eigenvalue weighted by Crippen LogP contribution is -2.51. The number of hydrogen-bond acceptors (Lipinski definition) is 5. The SMILES string of the molecule is CC[C@@]1(O)CC[C@H]2[C@H](CC[C@@H]3[C@@H]2CC[C@]2(C)[C@@H](C(=O)Cn4nnc5cnccc54)CC[C@@H]32)C1. The second-order valence-electron chi connectivity index (χ2n) is 12.0. The maximum atomic E-state index is 13.6. The third-order valence-electron chi connectivity index (χ3n) is 10.8. The van der Waals surface area contributed by atoms with E-state index < -0.39 is 5.60 Å². The first-order valence-corrected chi connectivity index (χ1v) is 13.3. The maximum Gasteiger partial charge on any atom is 0.157 e. The Kier molecular flexibility index (Phi) is 5.17. The summed E-state index contributed by atoms with van der Waals surface area (Å²) in [5.41, 5.74) is 1.36. The summed E-state index contributed by atoms with van der Waals surface area (Å²) in [4.78, 5) is 17.7. The molecule has 0 unspecified atom stereocenters. The molecule has 0 radical (unpaired) electrons. The number of ketones is 1. The van der Waals surface area contributed by atoms with Gasteiger partial charge in [-0.2, -0.15) is 0 Å². The van der Waals surface area contributed by atoms with Gasteiger partial charge in [0.15, 0.2) is 5.78 Å². The van der Waals surface area contributed by atoms with E-state index in [4.69, 9.17) is 0 Å². The van der Waals surface area contributed by atoms with E-state index in [1.165, 1.54) is 38.5 Å². The quantitative estimate of drug-likeness (QED) is 0.723. The van der Waals surface area contributed by atoms with Crippen molar-refractivity contribution >= 4 is 16.8 Å². The number of aromatic nitrogens is 4. The van der Waals surface area contributed by atoms with Crippen molar-refractivity contribution in [2.75, 3.05) is 0 Å². The Labute approximate surface area is 196 Å². The van der Waals surface area contributed by atoms with Crippen LogP contribution >= 0.6 is 0 Å². The van der Waals surface area contributed by atoms with E-state index in [1.807, 2.05) is 6.07 Å². The third-order valence-corrected chi connectivity index (χ3v) is 10.8. The monoisotopic (exact) mass is 450 g/mol. The van der Waals surface area contributed by atoms with Crippen LogP contribution < -0.4 is 0 Å². The Bertz CT molecular complexity index is 1050. The van der Waals surface area contributed by atoms with Gasteiger partial charge in [0, 0.05) is 12.1 Å². The van der Waals surface area contributed by atoms with Gasteiger partial charge in [-0.1, -0.05) is 19.1 Å². The Hall–Kier alpha value is -1.82. The number of Topliss-reactive ketones (excluding diaryl/α,β-unsaturated/α-hetero) is 1. The van der Waals surface area contributed by atoms with E-state index in [9.17, 15) is 9.90 Å². The number of carbonyl (C=O) groups is 1. The Balaban J connectivity index is 1.19. The molecule has 8 atom stereocenters. The van der Waals surface area contributed by atoms with Gasteiger partial charge in [-0.15, -0.1) is 5.10 Å². The molecule has 0 bridgehead atoms. The summed E-state index contributed by atoms with van der Waals surface area (Å²) < 4.78 is 1.77. The van der Waals surface area contributed by atoms with E-state index >= 15 is 0 Å². The van der Waals surface area contributed by atoms with E-state index in [-0.39, 0.29) is 11.3 Å². The van der Waals surface area contributed by atoms with E-state index in [0.717, 1.165) is 54.5 Å². The summed E-state index contributed by atoms with van der Waals surface area (Å²) in [5.74, 6) is 4.24. The van der Waals surface area contributed by atoms with Gasteiger partial charge in [-0.3, -0.25) is 9.78 Å². The summed E-state index contributed by atoms with van der Waals surface area (Å²) >= 11 is 0. The van der Waals surface area contributed by atoms with Gasteiger partial charge < -0.3 is 5.11 Å². The van der Waals surface area contributed by atoms with Crippen molar-refractivity contribution < 1.29 is 9.90 Å². The van der Waals surface area contributed by atoms with Crippen LogP contribution in [0.15, 0.2) is 18.5 Å². The second-order valence-corrected chi connectivity index (χ2v) is 12.0. The van der Waals surface area contributed by atoms with Gasteiger partial charge in [-0.05, 0) is 105 Å². The first-order chi connectivity index (χ1) is 15.9. The maximum absolute atomic E-state index is 13.6. The Morgan fingerprint density at radius 3 is 2.82 bits per heavy atom. The molecule has 6 nitrogen and oxygen atoms in total. The van der Waals surface area contributed by atoms with Gasteiger partial charge in [0.25, 0.3) is 0 Å². The zero-order valence-electron chi connectivity index (χ0n) is 20.1. The first kappa shape index (κ1) is 21.7. The van der Waals surface area contributed by atoms with Crippen LogP contribution in [0.5, 0.6) is 0 Å². The molecule has 1 N–H and O–H groups in total. The summed E-state index contributed by atoms with van der Waals surface area (Å²) in [7, 11) is 0. The minimum atomic E-state index is -0.413. The number of carbonyl (C=O) groups excluding carboxylic acids is 1. The van der Waals surface area contributed by atoms with Crippen molar-refractivity contribution in [3.63, 3.8) is 0 Å². The highest BCUT2D eigenvalue weighted by Gasteiger charge is 2.58. The zero-order valence-corrected chi connectivity index (χ0v) is 20.1. The van der Waals surface area contributed by atoms with Gasteiger partial charge in [0.2, 0.25) is 0 Å². The molecule has 33 heavy (non-hydrogen) atoms. The number of hydrogen-bond donors (Lipinski definition) is 1. The van der Waals surface area contributed by atoms with Crippen molar-refractivity contribution in [1.29, 1.82) is 0 Å². The molecular formula is C27H38N4O2. The second kappa shape index (κ2) is 7.86. The molecule has 6 rings (SSSR count). The third kappa shape index (κ3) is 3.38. The summed E-state index contributed by atoms with van der Waals surface area (Å²) in [6.07, 6.45) is 14.8.